The van der Waals surface area contributed by atoms with E-state index < -0.39 is 0 Å². The van der Waals surface area contributed by atoms with Crippen LogP contribution in [0.15, 0.2) is 0 Å². The normalized spacial score (nSPS) is 27.2. The SMILES string of the molecule is Cc1nc(Cl)c(C=O)c(NC2(C)CCOC2C)n1. The Kier molecular flexibility index (Phi) is 3.54. The van der Waals surface area contributed by atoms with E-state index in [2.05, 4.69) is 15.3 Å². The van der Waals surface area contributed by atoms with E-state index in [1.165, 1.54) is 0 Å². The van der Waals surface area contributed by atoms with Crippen molar-refractivity contribution < 1.29 is 9.53 Å². The van der Waals surface area contributed by atoms with E-state index in [9.17, 15) is 4.79 Å². The average molecular weight is 270 g/mol. The molecule has 18 heavy (non-hydrogen) atoms. The van der Waals surface area contributed by atoms with Crippen LogP contribution in [0.2, 0.25) is 5.15 Å². The fourth-order valence-corrected chi connectivity index (χ4v) is 2.27. The monoisotopic (exact) mass is 269 g/mol. The first-order valence-corrected chi connectivity index (χ1v) is 6.23. The number of aromatic nitrogens is 2. The number of rotatable bonds is 3. The number of aldehydes is 1. The summed E-state index contributed by atoms with van der Waals surface area (Å²) < 4.78 is 5.55. The largest absolute Gasteiger partial charge is 0.376 e. The molecule has 0 saturated carbocycles. The molecule has 2 unspecified atom stereocenters. The molecule has 98 valence electrons. The number of halogens is 1. The van der Waals surface area contributed by atoms with E-state index in [0.717, 1.165) is 6.42 Å². The number of nitrogens with zero attached hydrogens (tertiary/aromatic N) is 2. The molecular formula is C12H16ClN3O2. The van der Waals surface area contributed by atoms with Gasteiger partial charge in [0.2, 0.25) is 0 Å². The molecule has 1 aliphatic heterocycles. The van der Waals surface area contributed by atoms with Gasteiger partial charge in [-0.25, -0.2) is 9.97 Å². The minimum Gasteiger partial charge on any atom is -0.376 e. The Hall–Kier alpha value is -1.20. The van der Waals surface area contributed by atoms with E-state index >= 15 is 0 Å². The molecule has 1 aromatic heterocycles. The number of carbonyl (C=O) groups is 1. The molecule has 2 heterocycles. The molecule has 1 N–H and O–H groups in total. The summed E-state index contributed by atoms with van der Waals surface area (Å²) in [6.45, 7) is 6.47. The summed E-state index contributed by atoms with van der Waals surface area (Å²) in [5.74, 6) is 1.01. The predicted molar refractivity (Wildman–Crippen MR) is 69.2 cm³/mol. The van der Waals surface area contributed by atoms with Crippen molar-refractivity contribution in [3.63, 3.8) is 0 Å². The Bertz CT molecular complexity index is 481. The summed E-state index contributed by atoms with van der Waals surface area (Å²) in [6, 6.07) is 0. The van der Waals surface area contributed by atoms with Crippen LogP contribution < -0.4 is 5.32 Å². The van der Waals surface area contributed by atoms with Crippen LogP contribution in [-0.4, -0.2) is 34.5 Å². The molecule has 0 radical (unpaired) electrons. The molecule has 0 spiro atoms. The average Bonchev–Trinajstić information content (AvgIpc) is 2.58. The molecule has 1 aromatic rings. The number of anilines is 1. The highest BCUT2D eigenvalue weighted by Crippen LogP contribution is 2.31. The van der Waals surface area contributed by atoms with Gasteiger partial charge in [-0.1, -0.05) is 11.6 Å². The molecule has 1 aliphatic rings. The third-order valence-electron chi connectivity index (χ3n) is 3.42. The minimum absolute atomic E-state index is 0.0473. The first-order valence-electron chi connectivity index (χ1n) is 5.85. The highest BCUT2D eigenvalue weighted by molar-refractivity contribution is 6.32. The number of ether oxygens (including phenoxy) is 1. The number of nitrogens with one attached hydrogen (secondary N) is 1. The van der Waals surface area contributed by atoms with Gasteiger partial charge in [0.25, 0.3) is 0 Å². The summed E-state index contributed by atoms with van der Waals surface area (Å²) in [5.41, 5.74) is 0.0459. The van der Waals surface area contributed by atoms with Gasteiger partial charge in [0.1, 0.15) is 16.8 Å². The quantitative estimate of drug-likeness (QED) is 0.673. The first kappa shape index (κ1) is 13.2. The van der Waals surface area contributed by atoms with E-state index in [0.29, 0.717) is 30.1 Å². The zero-order valence-electron chi connectivity index (χ0n) is 10.7. The number of aryl methyl sites for hydroxylation is 1. The molecule has 2 rings (SSSR count). The van der Waals surface area contributed by atoms with Gasteiger partial charge in [-0.2, -0.15) is 0 Å². The molecule has 1 fully saturated rings. The molecule has 2 atom stereocenters. The zero-order chi connectivity index (χ0) is 13.3. The maximum atomic E-state index is 11.1. The lowest BCUT2D eigenvalue weighted by Gasteiger charge is -2.30. The smallest absolute Gasteiger partial charge is 0.156 e. The van der Waals surface area contributed by atoms with Gasteiger partial charge in [-0.15, -0.1) is 0 Å². The minimum atomic E-state index is -0.248. The van der Waals surface area contributed by atoms with Crippen molar-refractivity contribution in [2.24, 2.45) is 0 Å². The second-order valence-electron chi connectivity index (χ2n) is 4.75. The maximum absolute atomic E-state index is 11.1. The first-order chi connectivity index (χ1) is 8.46. The van der Waals surface area contributed by atoms with E-state index in [4.69, 9.17) is 16.3 Å². The predicted octanol–water partition coefficient (Wildman–Crippen LogP) is 2.23. The van der Waals surface area contributed by atoms with Crippen molar-refractivity contribution in [1.29, 1.82) is 0 Å². The van der Waals surface area contributed by atoms with Gasteiger partial charge in [0.15, 0.2) is 6.29 Å². The standard InChI is InChI=1S/C12H16ClN3O2/c1-7-12(3,4-5-18-7)16-11-9(6-17)10(13)14-8(2)15-11/h6-7H,4-5H2,1-3H3,(H,14,15,16). The van der Waals surface area contributed by atoms with Crippen molar-refractivity contribution in [1.82, 2.24) is 9.97 Å². The molecule has 0 amide bonds. The van der Waals surface area contributed by atoms with Crippen LogP contribution in [0, 0.1) is 6.92 Å². The molecule has 0 bridgehead atoms. The van der Waals surface area contributed by atoms with Crippen molar-refractivity contribution in [2.45, 2.75) is 38.8 Å². The van der Waals surface area contributed by atoms with Gasteiger partial charge < -0.3 is 10.1 Å². The Morgan fingerprint density at radius 1 is 1.56 bits per heavy atom. The van der Waals surface area contributed by atoms with Gasteiger partial charge in [0, 0.05) is 6.61 Å². The van der Waals surface area contributed by atoms with Crippen molar-refractivity contribution in [3.8, 4) is 0 Å². The number of carbonyl (C=O) groups excluding carboxylic acids is 1. The van der Waals surface area contributed by atoms with Gasteiger partial charge in [-0.3, -0.25) is 4.79 Å². The lowest BCUT2D eigenvalue weighted by molar-refractivity contribution is 0.105. The number of hydrogen-bond donors (Lipinski definition) is 1. The van der Waals surface area contributed by atoms with E-state index in [1.807, 2.05) is 13.8 Å². The van der Waals surface area contributed by atoms with E-state index in [1.54, 1.807) is 6.92 Å². The molecule has 1 saturated heterocycles. The Balaban J connectivity index is 2.36. The second-order valence-corrected chi connectivity index (χ2v) is 5.11. The molecular weight excluding hydrogens is 254 g/mol. The Morgan fingerprint density at radius 3 is 2.83 bits per heavy atom. The summed E-state index contributed by atoms with van der Waals surface area (Å²) in [6.07, 6.45) is 1.58. The molecule has 0 aliphatic carbocycles. The second kappa shape index (κ2) is 4.82. The summed E-state index contributed by atoms with van der Waals surface area (Å²) in [7, 11) is 0. The van der Waals surface area contributed by atoms with Crippen molar-refractivity contribution in [3.05, 3.63) is 16.5 Å². The van der Waals surface area contributed by atoms with Gasteiger partial charge in [0.05, 0.1) is 17.2 Å². The summed E-state index contributed by atoms with van der Waals surface area (Å²) in [4.78, 5) is 19.3. The van der Waals surface area contributed by atoms with Crippen molar-refractivity contribution in [2.75, 3.05) is 11.9 Å². The Labute approximate surface area is 111 Å². The third-order valence-corrected chi connectivity index (χ3v) is 3.71. The highest BCUT2D eigenvalue weighted by Gasteiger charge is 2.37. The fourth-order valence-electron chi connectivity index (χ4n) is 2.02. The fraction of sp³-hybridized carbons (Fsp3) is 0.583. The zero-order valence-corrected chi connectivity index (χ0v) is 11.4. The van der Waals surface area contributed by atoms with Crippen LogP contribution in [0.3, 0.4) is 0 Å². The van der Waals surface area contributed by atoms with Gasteiger partial charge >= 0.3 is 0 Å². The summed E-state index contributed by atoms with van der Waals surface area (Å²) >= 11 is 5.95. The van der Waals surface area contributed by atoms with Gasteiger partial charge in [-0.05, 0) is 27.2 Å². The molecule has 0 aromatic carbocycles. The molecule has 5 nitrogen and oxygen atoms in total. The topological polar surface area (TPSA) is 64.1 Å². The van der Waals surface area contributed by atoms with Crippen LogP contribution in [-0.2, 0) is 4.74 Å². The van der Waals surface area contributed by atoms with Crippen molar-refractivity contribution >= 4 is 23.7 Å². The number of hydrogen-bond acceptors (Lipinski definition) is 5. The molecule has 6 heteroatoms. The van der Waals surface area contributed by atoms with Crippen LogP contribution in [0.4, 0.5) is 5.82 Å². The summed E-state index contributed by atoms with van der Waals surface area (Å²) in [5, 5.41) is 3.45. The third kappa shape index (κ3) is 2.33. The van der Waals surface area contributed by atoms with E-state index in [-0.39, 0.29) is 16.8 Å². The lowest BCUT2D eigenvalue weighted by atomic mass is 9.94. The van der Waals surface area contributed by atoms with Crippen LogP contribution in [0.1, 0.15) is 36.5 Å². The van der Waals surface area contributed by atoms with Crippen LogP contribution in [0.25, 0.3) is 0 Å². The maximum Gasteiger partial charge on any atom is 0.156 e. The highest BCUT2D eigenvalue weighted by atomic mass is 35.5. The Morgan fingerprint density at radius 2 is 2.28 bits per heavy atom. The lowest BCUT2D eigenvalue weighted by Crippen LogP contribution is -2.41. The van der Waals surface area contributed by atoms with Crippen LogP contribution in [0.5, 0.6) is 0 Å². The van der Waals surface area contributed by atoms with Crippen LogP contribution >= 0.6 is 11.6 Å².